The van der Waals surface area contributed by atoms with E-state index < -0.39 is 0 Å². The summed E-state index contributed by atoms with van der Waals surface area (Å²) in [6.45, 7) is 7.63. The molecule has 1 atom stereocenters. The second-order valence-electron chi connectivity index (χ2n) is 5.23. The van der Waals surface area contributed by atoms with Crippen LogP contribution in [0.25, 0.3) is 0 Å². The van der Waals surface area contributed by atoms with Crippen molar-refractivity contribution < 1.29 is 5.11 Å². The van der Waals surface area contributed by atoms with E-state index in [0.29, 0.717) is 6.61 Å². The number of rotatable bonds is 5. The summed E-state index contributed by atoms with van der Waals surface area (Å²) in [7, 11) is 0. The standard InChI is InChI=1S/C13H22N2OS/c1-3-4-13(10-16)5-6-15(9-13)7-12-8-17-11(2)14-12/h8,16H,3-7,9-10H2,1-2H3. The zero-order chi connectivity index (χ0) is 12.3. The number of thiazole rings is 1. The predicted octanol–water partition coefficient (Wildman–Crippen LogP) is 2.44. The van der Waals surface area contributed by atoms with Crippen molar-refractivity contribution in [1.29, 1.82) is 0 Å². The molecule has 1 N–H and O–H groups in total. The van der Waals surface area contributed by atoms with Gasteiger partial charge in [0.05, 0.1) is 10.7 Å². The van der Waals surface area contributed by atoms with Crippen molar-refractivity contribution >= 4 is 11.3 Å². The Bertz CT molecular complexity index is 366. The van der Waals surface area contributed by atoms with Crippen LogP contribution in [0.15, 0.2) is 5.38 Å². The first-order valence-corrected chi connectivity index (χ1v) is 7.30. The lowest BCUT2D eigenvalue weighted by Crippen LogP contribution is -2.30. The van der Waals surface area contributed by atoms with Gasteiger partial charge in [-0.3, -0.25) is 4.90 Å². The van der Waals surface area contributed by atoms with Crippen LogP contribution in [-0.4, -0.2) is 34.7 Å². The molecule has 1 aromatic heterocycles. The third-order valence-corrected chi connectivity index (χ3v) is 4.51. The minimum atomic E-state index is 0.153. The van der Waals surface area contributed by atoms with Gasteiger partial charge in [-0.1, -0.05) is 13.3 Å². The third-order valence-electron chi connectivity index (χ3n) is 3.69. The molecule has 0 aromatic carbocycles. The highest BCUT2D eigenvalue weighted by molar-refractivity contribution is 7.09. The third kappa shape index (κ3) is 3.06. The Balaban J connectivity index is 1.93. The number of aliphatic hydroxyl groups is 1. The fourth-order valence-corrected chi connectivity index (χ4v) is 3.42. The summed E-state index contributed by atoms with van der Waals surface area (Å²) in [4.78, 5) is 6.94. The summed E-state index contributed by atoms with van der Waals surface area (Å²) in [5.74, 6) is 0. The smallest absolute Gasteiger partial charge is 0.0897 e. The number of hydrogen-bond acceptors (Lipinski definition) is 4. The Labute approximate surface area is 107 Å². The molecule has 0 aliphatic carbocycles. The number of nitrogens with zero attached hydrogens (tertiary/aromatic N) is 2. The Morgan fingerprint density at radius 3 is 3.00 bits per heavy atom. The number of aliphatic hydroxyl groups excluding tert-OH is 1. The van der Waals surface area contributed by atoms with Gasteiger partial charge in [0.2, 0.25) is 0 Å². The zero-order valence-corrected chi connectivity index (χ0v) is 11.6. The highest BCUT2D eigenvalue weighted by Gasteiger charge is 2.36. The number of aryl methyl sites for hydroxylation is 1. The van der Waals surface area contributed by atoms with Gasteiger partial charge in [0.1, 0.15) is 0 Å². The van der Waals surface area contributed by atoms with Crippen LogP contribution >= 0.6 is 11.3 Å². The van der Waals surface area contributed by atoms with Crippen molar-refractivity contribution in [3.63, 3.8) is 0 Å². The molecule has 1 aromatic rings. The van der Waals surface area contributed by atoms with Crippen molar-refractivity contribution in [3.05, 3.63) is 16.1 Å². The molecule has 1 aliphatic heterocycles. The normalized spacial score (nSPS) is 25.6. The molecule has 96 valence electrons. The maximum absolute atomic E-state index is 9.60. The van der Waals surface area contributed by atoms with E-state index >= 15 is 0 Å². The van der Waals surface area contributed by atoms with Crippen molar-refractivity contribution in [2.24, 2.45) is 5.41 Å². The first kappa shape index (κ1) is 13.0. The number of likely N-dealkylation sites (tertiary alicyclic amines) is 1. The van der Waals surface area contributed by atoms with Crippen molar-refractivity contribution in [2.75, 3.05) is 19.7 Å². The molecular formula is C13H22N2OS. The van der Waals surface area contributed by atoms with Crippen LogP contribution in [0.5, 0.6) is 0 Å². The van der Waals surface area contributed by atoms with Crippen LogP contribution in [0.4, 0.5) is 0 Å². The summed E-state index contributed by atoms with van der Waals surface area (Å²) >= 11 is 1.72. The Kier molecular flexibility index (Phi) is 4.17. The molecule has 4 heteroatoms. The van der Waals surface area contributed by atoms with Crippen molar-refractivity contribution in [2.45, 2.75) is 39.7 Å². The Morgan fingerprint density at radius 2 is 2.41 bits per heavy atom. The average Bonchev–Trinajstić information content (AvgIpc) is 2.88. The molecule has 1 saturated heterocycles. The predicted molar refractivity (Wildman–Crippen MR) is 71.2 cm³/mol. The second-order valence-corrected chi connectivity index (χ2v) is 6.29. The molecule has 0 radical (unpaired) electrons. The van der Waals surface area contributed by atoms with Crippen LogP contribution in [0.2, 0.25) is 0 Å². The minimum absolute atomic E-state index is 0.153. The summed E-state index contributed by atoms with van der Waals surface area (Å²) in [5, 5.41) is 12.9. The van der Waals surface area contributed by atoms with E-state index in [9.17, 15) is 5.11 Å². The second kappa shape index (κ2) is 5.46. The molecule has 2 heterocycles. The van der Waals surface area contributed by atoms with E-state index in [1.165, 1.54) is 5.69 Å². The lowest BCUT2D eigenvalue weighted by atomic mass is 9.83. The lowest BCUT2D eigenvalue weighted by Gasteiger charge is -2.26. The fourth-order valence-electron chi connectivity index (χ4n) is 2.82. The molecule has 0 spiro atoms. The van der Waals surface area contributed by atoms with Gasteiger partial charge in [0, 0.05) is 30.5 Å². The topological polar surface area (TPSA) is 36.4 Å². The molecule has 1 unspecified atom stereocenters. The molecule has 17 heavy (non-hydrogen) atoms. The molecule has 2 rings (SSSR count). The zero-order valence-electron chi connectivity index (χ0n) is 10.8. The van der Waals surface area contributed by atoms with Gasteiger partial charge in [-0.25, -0.2) is 4.98 Å². The number of hydrogen-bond donors (Lipinski definition) is 1. The fraction of sp³-hybridized carbons (Fsp3) is 0.769. The van der Waals surface area contributed by atoms with Crippen LogP contribution in [0.3, 0.4) is 0 Å². The summed E-state index contributed by atoms with van der Waals surface area (Å²) in [6, 6.07) is 0. The molecule has 1 aliphatic rings. The molecular weight excluding hydrogens is 232 g/mol. The van der Waals surface area contributed by atoms with Crippen molar-refractivity contribution in [1.82, 2.24) is 9.88 Å². The molecule has 0 saturated carbocycles. The first-order chi connectivity index (χ1) is 8.17. The largest absolute Gasteiger partial charge is 0.396 e. The molecule has 1 fully saturated rings. The Morgan fingerprint density at radius 1 is 1.59 bits per heavy atom. The molecule has 0 bridgehead atoms. The summed E-state index contributed by atoms with van der Waals surface area (Å²) in [6.07, 6.45) is 3.42. The summed E-state index contributed by atoms with van der Waals surface area (Å²) < 4.78 is 0. The maximum Gasteiger partial charge on any atom is 0.0897 e. The van der Waals surface area contributed by atoms with E-state index in [2.05, 4.69) is 22.2 Å². The first-order valence-electron chi connectivity index (χ1n) is 6.42. The van der Waals surface area contributed by atoms with Gasteiger partial charge in [0.25, 0.3) is 0 Å². The van der Waals surface area contributed by atoms with Gasteiger partial charge >= 0.3 is 0 Å². The average molecular weight is 254 g/mol. The molecule has 3 nitrogen and oxygen atoms in total. The number of aromatic nitrogens is 1. The SMILES string of the molecule is CCCC1(CO)CCN(Cc2csc(C)n2)C1. The lowest BCUT2D eigenvalue weighted by molar-refractivity contribution is 0.117. The quantitative estimate of drug-likeness (QED) is 0.877. The van der Waals surface area contributed by atoms with Crippen molar-refractivity contribution in [3.8, 4) is 0 Å². The van der Waals surface area contributed by atoms with E-state index in [0.717, 1.165) is 43.9 Å². The van der Waals surface area contributed by atoms with E-state index in [1.54, 1.807) is 11.3 Å². The monoisotopic (exact) mass is 254 g/mol. The highest BCUT2D eigenvalue weighted by Crippen LogP contribution is 2.35. The Hall–Kier alpha value is -0.450. The van der Waals surface area contributed by atoms with Crippen LogP contribution in [-0.2, 0) is 6.54 Å². The highest BCUT2D eigenvalue weighted by atomic mass is 32.1. The summed E-state index contributed by atoms with van der Waals surface area (Å²) in [5.41, 5.74) is 1.33. The van der Waals surface area contributed by atoms with E-state index in [4.69, 9.17) is 0 Å². The van der Waals surface area contributed by atoms with E-state index in [-0.39, 0.29) is 5.41 Å². The minimum Gasteiger partial charge on any atom is -0.396 e. The van der Waals surface area contributed by atoms with Gasteiger partial charge in [0.15, 0.2) is 0 Å². The maximum atomic E-state index is 9.60. The van der Waals surface area contributed by atoms with Crippen LogP contribution in [0, 0.1) is 12.3 Å². The van der Waals surface area contributed by atoms with Crippen LogP contribution < -0.4 is 0 Å². The van der Waals surface area contributed by atoms with Gasteiger partial charge in [-0.15, -0.1) is 11.3 Å². The molecule has 0 amide bonds. The van der Waals surface area contributed by atoms with Gasteiger partial charge in [-0.05, 0) is 26.3 Å². The van der Waals surface area contributed by atoms with E-state index in [1.807, 2.05) is 6.92 Å². The van der Waals surface area contributed by atoms with Crippen LogP contribution in [0.1, 0.15) is 36.9 Å². The van der Waals surface area contributed by atoms with Gasteiger partial charge in [-0.2, -0.15) is 0 Å². The van der Waals surface area contributed by atoms with Gasteiger partial charge < -0.3 is 5.11 Å².